The van der Waals surface area contributed by atoms with E-state index in [1.54, 1.807) is 0 Å². The molecule has 514 valence electrons. The van der Waals surface area contributed by atoms with Crippen LogP contribution >= 0.6 is 0 Å². The normalized spacial score (nSPS) is 13.3. The van der Waals surface area contributed by atoms with Crippen molar-refractivity contribution in [2.45, 2.75) is 10.8 Å². The number of fused-ring (bicyclic) bond motifs is 12. The molecule has 8 heteroatoms. The summed E-state index contributed by atoms with van der Waals surface area (Å²) in [5.41, 5.74) is 26.4. The summed E-state index contributed by atoms with van der Waals surface area (Å²) in [6, 6.07) is 131. The van der Waals surface area contributed by atoms with Gasteiger partial charge in [0.2, 0.25) is 0 Å². The summed E-state index contributed by atoms with van der Waals surface area (Å²) in [4.78, 5) is 20.4. The van der Waals surface area contributed by atoms with Crippen molar-refractivity contribution in [3.63, 3.8) is 0 Å². The third-order valence-electron chi connectivity index (χ3n) is 22.6. The van der Waals surface area contributed by atoms with Gasteiger partial charge < -0.3 is 18.9 Å². The summed E-state index contributed by atoms with van der Waals surface area (Å²) in [6.07, 6.45) is 1.94. The molecule has 8 nitrogen and oxygen atoms in total. The van der Waals surface area contributed by atoms with Crippen LogP contribution < -0.4 is 18.9 Å². The number of rotatable bonds is 11. The van der Waals surface area contributed by atoms with E-state index in [0.717, 1.165) is 128 Å². The SMILES string of the molecule is c1ccc(-c2ncc3c(-c4ccc(-c5ccc6c(c5)Oc5cc7c(cc5O6)C(c5ccccc5)(c5ccccc5)c5ccc(-c6cccc(-c8nc(-c9ccc(-c%10ccc%11c(c%10)Oc%10cc%12c(cc%10O%11)C(c%10ccccc%10)(c%10ccccc%10)c%10ccccc%10-%12)cc9)nc9ccccc89)c6)cc5-7)cc4)cccc3n2)cc1. The summed E-state index contributed by atoms with van der Waals surface area (Å²) in [5, 5.41) is 1.96. The van der Waals surface area contributed by atoms with Crippen LogP contribution in [0, 0.1) is 0 Å². The minimum Gasteiger partial charge on any atom is -0.450 e. The average Bonchev–Trinajstić information content (AvgIpc) is 1.54. The highest BCUT2D eigenvalue weighted by atomic mass is 16.6. The van der Waals surface area contributed by atoms with Gasteiger partial charge in [-0.1, -0.05) is 297 Å². The molecule has 0 saturated carbocycles. The van der Waals surface area contributed by atoms with Gasteiger partial charge in [-0.2, -0.15) is 0 Å². The lowest BCUT2D eigenvalue weighted by molar-refractivity contribution is 0.359. The molecule has 22 rings (SSSR count). The number of hydrogen-bond donors (Lipinski definition) is 0. The molecule has 0 bridgehead atoms. The van der Waals surface area contributed by atoms with Crippen molar-refractivity contribution >= 4 is 21.8 Å². The van der Waals surface area contributed by atoms with Gasteiger partial charge in [-0.05, 0) is 184 Å². The molecule has 0 unspecified atom stereocenters. The molecular weight excluding hydrogens is 1350 g/mol. The quantitative estimate of drug-likeness (QED) is 0.127. The standard InChI is InChI=1S/C102H62N4O4/c1-6-22-66(23-7-1)99-103-62-83-77(36-21-39-89(83)104-99)65-44-40-63(41-45-65)70-49-52-91-93(56-70)110-95-59-82-80-55-69(48-51-85(80)102(75-30-12-4-13-31-75,76-32-14-5-15-33-76)87(82)61-97(95)108-91)68-24-20-25-72(54-68)98-79-35-17-19-38-88(79)105-100(106-98)67-46-42-64(43-47-67)71-50-53-90-92(57-71)109-94-58-81-78-34-16-18-37-84(78)101(73-26-8-2-9-27-73,74-28-10-3-11-29-74)86(81)60-96(94)107-90/h1-62H. The minimum atomic E-state index is -0.700. The van der Waals surface area contributed by atoms with Crippen molar-refractivity contribution in [1.82, 2.24) is 19.9 Å². The Morgan fingerprint density at radius 1 is 0.200 bits per heavy atom. The molecule has 0 N–H and O–H groups in total. The molecule has 0 radical (unpaired) electrons. The van der Waals surface area contributed by atoms with E-state index in [0.29, 0.717) is 57.6 Å². The molecule has 2 aliphatic heterocycles. The van der Waals surface area contributed by atoms with Crippen LogP contribution in [0.5, 0.6) is 46.0 Å². The second-order valence-electron chi connectivity index (χ2n) is 28.6. The number of para-hydroxylation sites is 1. The van der Waals surface area contributed by atoms with Crippen LogP contribution in [-0.2, 0) is 10.8 Å². The Labute approximate surface area is 635 Å². The zero-order valence-electron chi connectivity index (χ0n) is 59.2. The van der Waals surface area contributed by atoms with E-state index in [4.69, 9.17) is 38.9 Å². The van der Waals surface area contributed by atoms with Gasteiger partial charge in [0.15, 0.2) is 57.6 Å². The van der Waals surface area contributed by atoms with Crippen LogP contribution in [0.2, 0.25) is 0 Å². The highest BCUT2D eigenvalue weighted by Gasteiger charge is 2.49. The van der Waals surface area contributed by atoms with E-state index in [2.05, 4.69) is 315 Å². The molecule has 2 aliphatic carbocycles. The van der Waals surface area contributed by atoms with Gasteiger partial charge >= 0.3 is 0 Å². The minimum absolute atomic E-state index is 0.557. The highest BCUT2D eigenvalue weighted by molar-refractivity contribution is 5.98. The first-order chi connectivity index (χ1) is 54.4. The van der Waals surface area contributed by atoms with Crippen LogP contribution in [0.1, 0.15) is 44.5 Å². The van der Waals surface area contributed by atoms with Crippen molar-refractivity contribution < 1.29 is 18.9 Å². The largest absolute Gasteiger partial charge is 0.450 e. The van der Waals surface area contributed by atoms with Gasteiger partial charge in [0.25, 0.3) is 0 Å². The summed E-state index contributed by atoms with van der Waals surface area (Å²) >= 11 is 0. The molecule has 4 aliphatic rings. The van der Waals surface area contributed by atoms with E-state index in [9.17, 15) is 0 Å². The predicted octanol–water partition coefficient (Wildman–Crippen LogP) is 25.8. The van der Waals surface area contributed by atoms with Gasteiger partial charge in [-0.15, -0.1) is 0 Å². The molecule has 0 atom stereocenters. The average molecular weight is 1410 g/mol. The molecule has 0 fully saturated rings. The summed E-state index contributed by atoms with van der Waals surface area (Å²) in [7, 11) is 0. The molecule has 4 heterocycles. The van der Waals surface area contributed by atoms with Crippen LogP contribution in [0.25, 0.3) is 123 Å². The molecule has 110 heavy (non-hydrogen) atoms. The Balaban J connectivity index is 0.574. The first kappa shape index (κ1) is 62.7. The van der Waals surface area contributed by atoms with E-state index >= 15 is 0 Å². The lowest BCUT2D eigenvalue weighted by Crippen LogP contribution is -2.28. The third-order valence-corrected chi connectivity index (χ3v) is 22.6. The van der Waals surface area contributed by atoms with Crippen molar-refractivity contribution in [3.8, 4) is 147 Å². The Bertz CT molecular complexity index is 6670. The fourth-order valence-corrected chi connectivity index (χ4v) is 17.6. The van der Waals surface area contributed by atoms with E-state index in [1.807, 2.05) is 60.8 Å². The maximum atomic E-state index is 7.03. The van der Waals surface area contributed by atoms with Crippen molar-refractivity contribution in [2.75, 3.05) is 0 Å². The third kappa shape index (κ3) is 9.93. The zero-order valence-corrected chi connectivity index (χ0v) is 59.2. The van der Waals surface area contributed by atoms with Crippen LogP contribution in [0.15, 0.2) is 376 Å². The number of hydrogen-bond acceptors (Lipinski definition) is 8. The molecular formula is C102H62N4O4. The topological polar surface area (TPSA) is 88.5 Å². The second-order valence-corrected chi connectivity index (χ2v) is 28.6. The number of benzene rings is 16. The molecule has 0 amide bonds. The summed E-state index contributed by atoms with van der Waals surface area (Å²) in [6.45, 7) is 0. The van der Waals surface area contributed by atoms with Gasteiger partial charge in [-0.25, -0.2) is 19.9 Å². The lowest BCUT2D eigenvalue weighted by Gasteiger charge is -2.34. The van der Waals surface area contributed by atoms with E-state index < -0.39 is 10.8 Å². The van der Waals surface area contributed by atoms with Gasteiger partial charge in [0.05, 0.1) is 27.6 Å². The maximum absolute atomic E-state index is 7.03. The molecule has 16 aromatic carbocycles. The number of aromatic nitrogens is 4. The lowest BCUT2D eigenvalue weighted by atomic mass is 9.67. The monoisotopic (exact) mass is 1410 g/mol. The Morgan fingerprint density at radius 2 is 0.582 bits per heavy atom. The van der Waals surface area contributed by atoms with Gasteiger partial charge in [-0.3, -0.25) is 0 Å². The molecule has 0 saturated heterocycles. The first-order valence-corrected chi connectivity index (χ1v) is 37.2. The summed E-state index contributed by atoms with van der Waals surface area (Å²) in [5.74, 6) is 6.62. The van der Waals surface area contributed by atoms with Crippen LogP contribution in [0.3, 0.4) is 0 Å². The van der Waals surface area contributed by atoms with Crippen molar-refractivity contribution in [1.29, 1.82) is 0 Å². The second kappa shape index (κ2) is 25.0. The fourth-order valence-electron chi connectivity index (χ4n) is 17.6. The highest BCUT2D eigenvalue weighted by Crippen LogP contribution is 2.63. The smallest absolute Gasteiger partial charge is 0.170 e. The predicted molar refractivity (Wildman–Crippen MR) is 438 cm³/mol. The molecule has 18 aromatic rings. The Morgan fingerprint density at radius 3 is 1.19 bits per heavy atom. The fraction of sp³-hybridized carbons (Fsp3) is 0.0196. The van der Waals surface area contributed by atoms with Gasteiger partial charge in [0.1, 0.15) is 0 Å². The number of nitrogens with zero attached hydrogens (tertiary/aromatic N) is 4. The first-order valence-electron chi connectivity index (χ1n) is 37.2. The van der Waals surface area contributed by atoms with Crippen molar-refractivity contribution in [3.05, 3.63) is 421 Å². The zero-order chi connectivity index (χ0) is 72.4. The molecule has 2 aromatic heterocycles. The van der Waals surface area contributed by atoms with E-state index in [-0.39, 0.29) is 0 Å². The Hall–Kier alpha value is -14.6. The van der Waals surface area contributed by atoms with Crippen molar-refractivity contribution in [2.24, 2.45) is 0 Å². The van der Waals surface area contributed by atoms with Crippen LogP contribution in [-0.4, -0.2) is 19.9 Å². The number of ether oxygens (including phenoxy) is 4. The molecule has 0 spiro atoms. The van der Waals surface area contributed by atoms with Crippen LogP contribution in [0.4, 0.5) is 0 Å². The maximum Gasteiger partial charge on any atom is 0.170 e. The summed E-state index contributed by atoms with van der Waals surface area (Å²) < 4.78 is 27.7. The Kier molecular flexibility index (Phi) is 14.3. The van der Waals surface area contributed by atoms with Gasteiger partial charge in [0, 0.05) is 33.7 Å². The van der Waals surface area contributed by atoms with E-state index in [1.165, 1.54) is 27.8 Å².